The molecule has 2 rings (SSSR count). The number of nitrogens with one attached hydrogen (secondary N) is 3. The molecule has 0 bridgehead atoms. The van der Waals surface area contributed by atoms with Gasteiger partial charge in [0.15, 0.2) is 0 Å². The van der Waals surface area contributed by atoms with Gasteiger partial charge < -0.3 is 16.0 Å². The van der Waals surface area contributed by atoms with Gasteiger partial charge in [0.05, 0.1) is 0 Å². The summed E-state index contributed by atoms with van der Waals surface area (Å²) in [6, 6.07) is 9.69. The van der Waals surface area contributed by atoms with Gasteiger partial charge in [0.2, 0.25) is 11.9 Å². The summed E-state index contributed by atoms with van der Waals surface area (Å²) < 4.78 is 0. The first-order chi connectivity index (χ1) is 11.0. The number of aryl methyl sites for hydroxylation is 1. The second kappa shape index (κ2) is 7.58. The van der Waals surface area contributed by atoms with Gasteiger partial charge in [-0.05, 0) is 44.5 Å². The number of rotatable bonds is 6. The van der Waals surface area contributed by atoms with Crippen LogP contribution in [0.2, 0.25) is 0 Å². The number of benzene rings is 1. The Morgan fingerprint density at radius 1 is 1.17 bits per heavy atom. The van der Waals surface area contributed by atoms with E-state index < -0.39 is 0 Å². The third kappa shape index (κ3) is 5.25. The van der Waals surface area contributed by atoms with E-state index in [4.69, 9.17) is 0 Å². The van der Waals surface area contributed by atoms with Gasteiger partial charge in [-0.2, -0.15) is 4.98 Å². The number of nitrogens with zero attached hydrogens (tertiary/aromatic N) is 2. The zero-order valence-corrected chi connectivity index (χ0v) is 14.0. The highest BCUT2D eigenvalue weighted by atomic mass is 16.1. The molecule has 0 saturated carbocycles. The van der Waals surface area contributed by atoms with Crippen molar-refractivity contribution in [3.05, 3.63) is 36.0 Å². The molecular weight excluding hydrogens is 290 g/mol. The molecule has 6 heteroatoms. The smallest absolute Gasteiger partial charge is 0.229 e. The fourth-order valence-electron chi connectivity index (χ4n) is 2.02. The summed E-state index contributed by atoms with van der Waals surface area (Å²) in [4.78, 5) is 19.9. The number of amides is 1. The molecule has 1 atom stereocenters. The topological polar surface area (TPSA) is 78.9 Å². The van der Waals surface area contributed by atoms with Gasteiger partial charge in [-0.25, -0.2) is 4.98 Å². The first-order valence-electron chi connectivity index (χ1n) is 7.73. The number of hydrogen-bond donors (Lipinski definition) is 3. The standard InChI is InChI=1S/C17H23N5O/c1-5-11(2)18-16-10-12(3)19-17(22-16)21-15-8-6-14(7-9-15)20-13(4)23/h6-11H,5H2,1-4H3,(H,20,23)(H2,18,19,21,22). The molecule has 1 heterocycles. The van der Waals surface area contributed by atoms with Gasteiger partial charge in [-0.1, -0.05) is 6.92 Å². The molecule has 1 unspecified atom stereocenters. The fourth-order valence-corrected chi connectivity index (χ4v) is 2.02. The second-order valence-corrected chi connectivity index (χ2v) is 5.56. The van der Waals surface area contributed by atoms with Crippen LogP contribution in [0, 0.1) is 6.92 Å². The van der Waals surface area contributed by atoms with Crippen LogP contribution in [0.4, 0.5) is 23.1 Å². The van der Waals surface area contributed by atoms with Crippen LogP contribution >= 0.6 is 0 Å². The summed E-state index contributed by atoms with van der Waals surface area (Å²) in [5.74, 6) is 1.26. The van der Waals surface area contributed by atoms with Crippen molar-refractivity contribution in [2.75, 3.05) is 16.0 Å². The first-order valence-corrected chi connectivity index (χ1v) is 7.73. The van der Waals surface area contributed by atoms with Gasteiger partial charge in [0.1, 0.15) is 5.82 Å². The molecule has 0 spiro atoms. The zero-order valence-electron chi connectivity index (χ0n) is 14.0. The average molecular weight is 313 g/mol. The molecule has 0 radical (unpaired) electrons. The third-order valence-electron chi connectivity index (χ3n) is 3.32. The molecule has 23 heavy (non-hydrogen) atoms. The number of hydrogen-bond acceptors (Lipinski definition) is 5. The van der Waals surface area contributed by atoms with Crippen LogP contribution in [0.3, 0.4) is 0 Å². The Morgan fingerprint density at radius 2 is 1.83 bits per heavy atom. The molecule has 0 saturated heterocycles. The Bertz CT molecular complexity index is 669. The van der Waals surface area contributed by atoms with Crippen molar-refractivity contribution in [2.24, 2.45) is 0 Å². The highest BCUT2D eigenvalue weighted by Gasteiger charge is 2.05. The maximum absolute atomic E-state index is 11.0. The van der Waals surface area contributed by atoms with Crippen molar-refractivity contribution in [3.8, 4) is 0 Å². The van der Waals surface area contributed by atoms with Gasteiger partial charge in [-0.15, -0.1) is 0 Å². The minimum atomic E-state index is -0.0894. The molecule has 3 N–H and O–H groups in total. The second-order valence-electron chi connectivity index (χ2n) is 5.56. The molecule has 6 nitrogen and oxygen atoms in total. The van der Waals surface area contributed by atoms with E-state index in [9.17, 15) is 4.79 Å². The Hall–Kier alpha value is -2.63. The summed E-state index contributed by atoms with van der Waals surface area (Å²) in [7, 11) is 0. The lowest BCUT2D eigenvalue weighted by molar-refractivity contribution is -0.114. The van der Waals surface area contributed by atoms with Crippen LogP contribution in [0.25, 0.3) is 0 Å². The first kappa shape index (κ1) is 16.7. The lowest BCUT2D eigenvalue weighted by Crippen LogP contribution is -2.15. The van der Waals surface area contributed by atoms with E-state index in [0.717, 1.165) is 29.3 Å². The number of carbonyl (C=O) groups excluding carboxylic acids is 1. The fraction of sp³-hybridized carbons (Fsp3) is 0.353. The maximum Gasteiger partial charge on any atom is 0.229 e. The number of anilines is 4. The quantitative estimate of drug-likeness (QED) is 0.758. The molecule has 0 fully saturated rings. The zero-order chi connectivity index (χ0) is 16.8. The molecule has 2 aromatic rings. The van der Waals surface area contributed by atoms with Crippen LogP contribution in [-0.4, -0.2) is 21.9 Å². The number of carbonyl (C=O) groups is 1. The summed E-state index contributed by atoms with van der Waals surface area (Å²) in [5, 5.41) is 9.27. The lowest BCUT2D eigenvalue weighted by Gasteiger charge is -2.14. The highest BCUT2D eigenvalue weighted by molar-refractivity contribution is 5.88. The number of aromatic nitrogens is 2. The molecular formula is C17H23N5O. The van der Waals surface area contributed by atoms with E-state index in [1.807, 2.05) is 37.3 Å². The maximum atomic E-state index is 11.0. The van der Waals surface area contributed by atoms with Gasteiger partial charge in [0.25, 0.3) is 0 Å². The summed E-state index contributed by atoms with van der Waals surface area (Å²) in [5.41, 5.74) is 2.51. The van der Waals surface area contributed by atoms with Crippen molar-refractivity contribution in [2.45, 2.75) is 40.2 Å². The predicted molar refractivity (Wildman–Crippen MR) is 94.2 cm³/mol. The van der Waals surface area contributed by atoms with Crippen molar-refractivity contribution >= 4 is 29.0 Å². The monoisotopic (exact) mass is 313 g/mol. The largest absolute Gasteiger partial charge is 0.367 e. The SMILES string of the molecule is CCC(C)Nc1cc(C)nc(Nc2ccc(NC(C)=O)cc2)n1. The van der Waals surface area contributed by atoms with Crippen molar-refractivity contribution in [1.29, 1.82) is 0 Å². The Labute approximate surface area is 136 Å². The Kier molecular flexibility index (Phi) is 5.51. The molecule has 1 amide bonds. The van der Waals surface area contributed by atoms with Crippen molar-refractivity contribution < 1.29 is 4.79 Å². The molecule has 1 aromatic heterocycles. The summed E-state index contributed by atoms with van der Waals surface area (Å²) >= 11 is 0. The Balaban J connectivity index is 2.11. The minimum Gasteiger partial charge on any atom is -0.367 e. The molecule has 1 aromatic carbocycles. The normalized spacial score (nSPS) is 11.7. The van der Waals surface area contributed by atoms with E-state index in [2.05, 4.69) is 39.8 Å². The van der Waals surface area contributed by atoms with E-state index in [0.29, 0.717) is 12.0 Å². The molecule has 0 aliphatic rings. The van der Waals surface area contributed by atoms with Crippen LogP contribution in [-0.2, 0) is 4.79 Å². The molecule has 0 aliphatic heterocycles. The van der Waals surface area contributed by atoms with Gasteiger partial charge >= 0.3 is 0 Å². The van der Waals surface area contributed by atoms with E-state index in [1.54, 1.807) is 0 Å². The molecule has 0 aliphatic carbocycles. The van der Waals surface area contributed by atoms with Crippen molar-refractivity contribution in [3.63, 3.8) is 0 Å². The highest BCUT2D eigenvalue weighted by Crippen LogP contribution is 2.18. The van der Waals surface area contributed by atoms with Crippen LogP contribution < -0.4 is 16.0 Å². The van der Waals surface area contributed by atoms with Crippen LogP contribution in [0.15, 0.2) is 30.3 Å². The molecule has 122 valence electrons. The third-order valence-corrected chi connectivity index (χ3v) is 3.32. The van der Waals surface area contributed by atoms with E-state index in [-0.39, 0.29) is 5.91 Å². The predicted octanol–water partition coefficient (Wildman–Crippen LogP) is 3.70. The minimum absolute atomic E-state index is 0.0894. The van der Waals surface area contributed by atoms with E-state index >= 15 is 0 Å². The average Bonchev–Trinajstić information content (AvgIpc) is 2.48. The van der Waals surface area contributed by atoms with Crippen LogP contribution in [0.5, 0.6) is 0 Å². The summed E-state index contributed by atoms with van der Waals surface area (Å²) in [6.45, 7) is 7.67. The lowest BCUT2D eigenvalue weighted by atomic mass is 10.2. The summed E-state index contributed by atoms with van der Waals surface area (Å²) in [6.07, 6.45) is 1.02. The van der Waals surface area contributed by atoms with E-state index in [1.165, 1.54) is 6.92 Å². The van der Waals surface area contributed by atoms with Crippen LogP contribution in [0.1, 0.15) is 32.9 Å². The van der Waals surface area contributed by atoms with Gasteiger partial charge in [-0.3, -0.25) is 4.79 Å². The van der Waals surface area contributed by atoms with Gasteiger partial charge in [0, 0.05) is 36.1 Å². The Morgan fingerprint density at radius 3 is 2.43 bits per heavy atom. The van der Waals surface area contributed by atoms with Crippen molar-refractivity contribution in [1.82, 2.24) is 9.97 Å².